The van der Waals surface area contributed by atoms with Crippen LogP contribution < -0.4 is 5.73 Å². The highest BCUT2D eigenvalue weighted by atomic mass is 35.5. The molecule has 0 aliphatic carbocycles. The van der Waals surface area contributed by atoms with Gasteiger partial charge in [-0.15, -0.1) is 0 Å². The molecule has 1 atom stereocenters. The number of halogens is 4. The van der Waals surface area contributed by atoms with Crippen molar-refractivity contribution in [3.8, 4) is 0 Å². The lowest BCUT2D eigenvalue weighted by Gasteiger charge is -2.29. The summed E-state index contributed by atoms with van der Waals surface area (Å²) < 4.78 is 39.2. The Morgan fingerprint density at radius 3 is 1.90 bits per heavy atom. The van der Waals surface area contributed by atoms with Gasteiger partial charge in [0, 0.05) is 5.02 Å². The van der Waals surface area contributed by atoms with Crippen LogP contribution in [-0.4, -0.2) is 0 Å². The van der Waals surface area contributed by atoms with Crippen molar-refractivity contribution in [1.29, 1.82) is 0 Å². The molecule has 20 heavy (non-hydrogen) atoms. The number of hydrogen-bond donors (Lipinski definition) is 1. The molecule has 0 aliphatic heterocycles. The predicted octanol–water partition coefficient (Wildman–Crippen LogP) is 4.58. The van der Waals surface area contributed by atoms with Gasteiger partial charge in [0.15, 0.2) is 0 Å². The average Bonchev–Trinajstić information content (AvgIpc) is 2.38. The molecule has 0 saturated carbocycles. The second-order valence-corrected chi connectivity index (χ2v) is 5.19. The Hall–Kier alpha value is -1.52. The Morgan fingerprint density at radius 1 is 0.900 bits per heavy atom. The second-order valence-electron chi connectivity index (χ2n) is 4.75. The minimum Gasteiger partial charge on any atom is -0.318 e. The number of hydrogen-bond acceptors (Lipinski definition) is 1. The standard InChI is InChI=1S/C15H13ClF3N/c1-14(20,10-6-8-11(16)9-7-10)12-4-2-3-5-13(12)15(17,18)19/h2-9H,20H2,1H3. The molecule has 0 saturated heterocycles. The molecule has 2 rings (SSSR count). The molecular formula is C15H13ClF3N. The fraction of sp³-hybridized carbons (Fsp3) is 0.200. The fourth-order valence-corrected chi connectivity index (χ4v) is 2.26. The first-order valence-corrected chi connectivity index (χ1v) is 6.32. The lowest BCUT2D eigenvalue weighted by Crippen LogP contribution is -2.36. The van der Waals surface area contributed by atoms with Gasteiger partial charge >= 0.3 is 6.18 Å². The lowest BCUT2D eigenvalue weighted by molar-refractivity contribution is -0.138. The zero-order valence-electron chi connectivity index (χ0n) is 10.7. The van der Waals surface area contributed by atoms with Gasteiger partial charge in [-0.05, 0) is 36.2 Å². The van der Waals surface area contributed by atoms with Crippen LogP contribution in [-0.2, 0) is 11.7 Å². The Labute approximate surface area is 120 Å². The first-order valence-electron chi connectivity index (χ1n) is 5.94. The molecule has 5 heteroatoms. The highest BCUT2D eigenvalue weighted by Crippen LogP contribution is 2.38. The van der Waals surface area contributed by atoms with Crippen molar-refractivity contribution in [1.82, 2.24) is 0 Å². The monoisotopic (exact) mass is 299 g/mol. The van der Waals surface area contributed by atoms with Crippen LogP contribution in [0, 0.1) is 0 Å². The Bertz CT molecular complexity index is 603. The van der Waals surface area contributed by atoms with E-state index in [4.69, 9.17) is 17.3 Å². The van der Waals surface area contributed by atoms with E-state index >= 15 is 0 Å². The summed E-state index contributed by atoms with van der Waals surface area (Å²) in [6.07, 6.45) is -4.44. The summed E-state index contributed by atoms with van der Waals surface area (Å²) in [7, 11) is 0. The molecule has 0 bridgehead atoms. The topological polar surface area (TPSA) is 26.0 Å². The molecule has 0 aromatic heterocycles. The predicted molar refractivity (Wildman–Crippen MR) is 73.5 cm³/mol. The summed E-state index contributed by atoms with van der Waals surface area (Å²) in [4.78, 5) is 0. The van der Waals surface area contributed by atoms with Crippen molar-refractivity contribution in [2.45, 2.75) is 18.6 Å². The minimum absolute atomic E-state index is 0.0369. The molecule has 2 N–H and O–H groups in total. The highest BCUT2D eigenvalue weighted by Gasteiger charge is 2.38. The average molecular weight is 300 g/mol. The fourth-order valence-electron chi connectivity index (χ4n) is 2.13. The largest absolute Gasteiger partial charge is 0.416 e. The highest BCUT2D eigenvalue weighted by molar-refractivity contribution is 6.30. The van der Waals surface area contributed by atoms with E-state index in [0.29, 0.717) is 10.6 Å². The number of rotatable bonds is 2. The zero-order valence-corrected chi connectivity index (χ0v) is 11.5. The van der Waals surface area contributed by atoms with Crippen molar-refractivity contribution >= 4 is 11.6 Å². The summed E-state index contributed by atoms with van der Waals surface area (Å²) in [5.41, 5.74) is 4.79. The molecule has 1 nitrogen and oxygen atoms in total. The third-order valence-electron chi connectivity index (χ3n) is 3.24. The normalized spacial score (nSPS) is 14.9. The molecule has 106 valence electrons. The molecule has 0 aliphatic rings. The van der Waals surface area contributed by atoms with Crippen LogP contribution in [0.25, 0.3) is 0 Å². The molecule has 0 radical (unpaired) electrons. The Balaban J connectivity index is 2.57. The van der Waals surface area contributed by atoms with Gasteiger partial charge < -0.3 is 5.73 Å². The van der Waals surface area contributed by atoms with Crippen LogP contribution in [0.15, 0.2) is 48.5 Å². The van der Waals surface area contributed by atoms with Crippen LogP contribution in [0.2, 0.25) is 5.02 Å². The SMILES string of the molecule is CC(N)(c1ccc(Cl)cc1)c1ccccc1C(F)(F)F. The summed E-state index contributed by atoms with van der Waals surface area (Å²) in [6.45, 7) is 1.56. The van der Waals surface area contributed by atoms with Crippen molar-refractivity contribution in [3.63, 3.8) is 0 Å². The van der Waals surface area contributed by atoms with Gasteiger partial charge in [0.2, 0.25) is 0 Å². The van der Waals surface area contributed by atoms with E-state index < -0.39 is 17.3 Å². The molecule has 2 aromatic carbocycles. The molecule has 0 spiro atoms. The zero-order chi connectivity index (χ0) is 15.0. The van der Waals surface area contributed by atoms with Crippen LogP contribution in [0.1, 0.15) is 23.6 Å². The maximum absolute atomic E-state index is 13.1. The third kappa shape index (κ3) is 2.81. The molecule has 0 amide bonds. The van der Waals surface area contributed by atoms with Crippen molar-refractivity contribution in [3.05, 3.63) is 70.2 Å². The van der Waals surface area contributed by atoms with Gasteiger partial charge in [0.25, 0.3) is 0 Å². The first kappa shape index (κ1) is 14.9. The summed E-state index contributed by atoms with van der Waals surface area (Å²) in [5, 5.41) is 0.508. The van der Waals surface area contributed by atoms with Gasteiger partial charge in [0.05, 0.1) is 11.1 Å². The number of nitrogens with two attached hydrogens (primary N) is 1. The van der Waals surface area contributed by atoms with Gasteiger partial charge in [0.1, 0.15) is 0 Å². The maximum atomic E-state index is 13.1. The maximum Gasteiger partial charge on any atom is 0.416 e. The number of benzene rings is 2. The van der Waals surface area contributed by atoms with Gasteiger partial charge in [-0.3, -0.25) is 0 Å². The quantitative estimate of drug-likeness (QED) is 0.863. The van der Waals surface area contributed by atoms with Gasteiger partial charge in [-0.1, -0.05) is 41.9 Å². The van der Waals surface area contributed by atoms with Crippen LogP contribution in [0.3, 0.4) is 0 Å². The minimum atomic E-state index is -4.44. The Morgan fingerprint density at radius 2 is 1.40 bits per heavy atom. The van der Waals surface area contributed by atoms with E-state index in [9.17, 15) is 13.2 Å². The summed E-state index contributed by atoms with van der Waals surface area (Å²) in [5.74, 6) is 0. The summed E-state index contributed by atoms with van der Waals surface area (Å²) in [6, 6.07) is 11.8. The Kier molecular flexibility index (Phi) is 3.80. The molecule has 2 aromatic rings. The van der Waals surface area contributed by atoms with Gasteiger partial charge in [-0.2, -0.15) is 13.2 Å². The van der Waals surface area contributed by atoms with E-state index in [1.165, 1.54) is 12.1 Å². The van der Waals surface area contributed by atoms with Crippen molar-refractivity contribution in [2.75, 3.05) is 0 Å². The molecule has 0 heterocycles. The lowest BCUT2D eigenvalue weighted by atomic mass is 9.83. The van der Waals surface area contributed by atoms with Crippen LogP contribution in [0.5, 0.6) is 0 Å². The smallest absolute Gasteiger partial charge is 0.318 e. The van der Waals surface area contributed by atoms with Gasteiger partial charge in [-0.25, -0.2) is 0 Å². The van der Waals surface area contributed by atoms with E-state index in [1.54, 1.807) is 37.3 Å². The van der Waals surface area contributed by atoms with E-state index in [-0.39, 0.29) is 5.56 Å². The molecule has 0 fully saturated rings. The second kappa shape index (κ2) is 5.11. The van der Waals surface area contributed by atoms with E-state index in [0.717, 1.165) is 6.07 Å². The summed E-state index contributed by atoms with van der Waals surface area (Å²) >= 11 is 5.79. The molecular weight excluding hydrogens is 287 g/mol. The van der Waals surface area contributed by atoms with Crippen molar-refractivity contribution < 1.29 is 13.2 Å². The first-order chi connectivity index (χ1) is 9.23. The molecule has 1 unspecified atom stereocenters. The van der Waals surface area contributed by atoms with Crippen LogP contribution in [0.4, 0.5) is 13.2 Å². The van der Waals surface area contributed by atoms with E-state index in [2.05, 4.69) is 0 Å². The third-order valence-corrected chi connectivity index (χ3v) is 3.49. The number of alkyl halides is 3. The van der Waals surface area contributed by atoms with Crippen LogP contribution >= 0.6 is 11.6 Å². The van der Waals surface area contributed by atoms with E-state index in [1.807, 2.05) is 0 Å². The van der Waals surface area contributed by atoms with Crippen molar-refractivity contribution in [2.24, 2.45) is 5.73 Å².